The zero-order chi connectivity index (χ0) is 23.5. The van der Waals surface area contributed by atoms with Crippen molar-refractivity contribution >= 4 is 0 Å². The van der Waals surface area contributed by atoms with Crippen LogP contribution in [0.2, 0.25) is 0 Å². The van der Waals surface area contributed by atoms with Crippen molar-refractivity contribution in [2.45, 2.75) is 0 Å². The molecule has 0 nitrogen and oxygen atoms in total. The molecule has 0 fully saturated rings. The fourth-order valence-corrected chi connectivity index (χ4v) is 5.09. The van der Waals surface area contributed by atoms with Gasteiger partial charge in [0.15, 0.2) is 0 Å². The second-order valence-electron chi connectivity index (χ2n) is 8.71. The predicted octanol–water partition coefficient (Wildman–Crippen LogP) is 9.74. The van der Waals surface area contributed by atoms with E-state index in [-0.39, 0.29) is 21.7 Å². The van der Waals surface area contributed by atoms with E-state index in [0.717, 1.165) is 0 Å². The Hall–Kier alpha value is -3.84. The van der Waals surface area contributed by atoms with Crippen molar-refractivity contribution in [3.05, 3.63) is 152 Å². The van der Waals surface area contributed by atoms with E-state index in [9.17, 15) is 0 Å². The minimum atomic E-state index is 0. The van der Waals surface area contributed by atoms with Crippen LogP contribution in [-0.4, -0.2) is 0 Å². The fraction of sp³-hybridized carbons (Fsp3) is 0. The van der Waals surface area contributed by atoms with Gasteiger partial charge in [0.1, 0.15) is 0 Å². The topological polar surface area (TPSA) is 0 Å². The van der Waals surface area contributed by atoms with Crippen molar-refractivity contribution in [3.8, 4) is 55.6 Å². The van der Waals surface area contributed by atoms with Gasteiger partial charge in [0, 0.05) is 21.7 Å². The van der Waals surface area contributed by atoms with Crippen molar-refractivity contribution in [2.24, 2.45) is 0 Å². The monoisotopic (exact) mass is 493 g/mol. The van der Waals surface area contributed by atoms with Gasteiger partial charge in [0.05, 0.1) is 0 Å². The van der Waals surface area contributed by atoms with Crippen molar-refractivity contribution in [1.82, 2.24) is 0 Å². The smallest absolute Gasteiger partial charge is 0 e. The molecule has 0 amide bonds. The first-order chi connectivity index (χ1) is 17.4. The zero-order valence-electron chi connectivity index (χ0n) is 19.9. The van der Waals surface area contributed by atoms with E-state index < -0.39 is 0 Å². The second kappa shape index (κ2) is 10.8. The molecule has 0 unspecified atom stereocenters. The van der Waals surface area contributed by atoms with Gasteiger partial charge in [0.25, 0.3) is 0 Å². The summed E-state index contributed by atoms with van der Waals surface area (Å²) in [7, 11) is 0. The maximum atomic E-state index is 2.23. The normalized spacial score (nSPS) is 10.6. The molecule has 0 aliphatic rings. The van der Waals surface area contributed by atoms with Crippen LogP contribution in [0.15, 0.2) is 152 Å². The van der Waals surface area contributed by atoms with Gasteiger partial charge in [-0.2, -0.15) is 0 Å². The fourth-order valence-electron chi connectivity index (χ4n) is 5.09. The summed E-state index contributed by atoms with van der Waals surface area (Å²) in [5, 5.41) is 0. The third-order valence-corrected chi connectivity index (χ3v) is 6.56. The van der Waals surface area contributed by atoms with E-state index in [0.29, 0.717) is 0 Å². The number of hydrogen-bond donors (Lipinski definition) is 0. The molecule has 6 aromatic rings. The summed E-state index contributed by atoms with van der Waals surface area (Å²) in [5.74, 6) is 0. The third-order valence-electron chi connectivity index (χ3n) is 6.56. The third kappa shape index (κ3) is 4.42. The Morgan fingerprint density at radius 3 is 0.917 bits per heavy atom. The molecule has 0 spiro atoms. The number of benzene rings is 5. The quantitative estimate of drug-likeness (QED) is 0.166. The number of rotatable bonds is 5. The van der Waals surface area contributed by atoms with Crippen LogP contribution < -0.4 is 0 Å². The van der Waals surface area contributed by atoms with Gasteiger partial charge in [-0.05, 0) is 11.1 Å². The van der Waals surface area contributed by atoms with E-state index in [1.807, 2.05) is 0 Å². The SMILES string of the molecule is [Ti].c1ccc(-c2c(-c3ccccc3)c(-c3ccccc3)[c-](-c3ccccc3)c2-c2ccccc2)cc1. The molecule has 36 heavy (non-hydrogen) atoms. The molecule has 170 valence electrons. The predicted molar refractivity (Wildman–Crippen MR) is 149 cm³/mol. The molecule has 0 heterocycles. The summed E-state index contributed by atoms with van der Waals surface area (Å²) in [6.45, 7) is 0. The molecule has 0 N–H and O–H groups in total. The number of hydrogen-bond acceptors (Lipinski definition) is 0. The van der Waals surface area contributed by atoms with Crippen LogP contribution in [0, 0.1) is 0 Å². The van der Waals surface area contributed by atoms with Gasteiger partial charge in [-0.3, -0.25) is 0 Å². The summed E-state index contributed by atoms with van der Waals surface area (Å²) < 4.78 is 0. The van der Waals surface area contributed by atoms with Gasteiger partial charge in [0.2, 0.25) is 0 Å². The maximum absolute atomic E-state index is 2.23. The van der Waals surface area contributed by atoms with Gasteiger partial charge < -0.3 is 0 Å². The Balaban J connectivity index is 0.00000267. The second-order valence-corrected chi connectivity index (χ2v) is 8.71. The van der Waals surface area contributed by atoms with Gasteiger partial charge in [-0.25, -0.2) is 0 Å². The van der Waals surface area contributed by atoms with Crippen LogP contribution in [0.5, 0.6) is 0 Å². The van der Waals surface area contributed by atoms with Crippen LogP contribution in [0.25, 0.3) is 55.6 Å². The van der Waals surface area contributed by atoms with E-state index in [2.05, 4.69) is 152 Å². The molecular formula is C35H25Ti-. The van der Waals surface area contributed by atoms with Crippen LogP contribution in [0.3, 0.4) is 0 Å². The van der Waals surface area contributed by atoms with Gasteiger partial charge in [-0.15, -0.1) is 0 Å². The minimum absolute atomic E-state index is 0. The first-order valence-electron chi connectivity index (χ1n) is 12.1. The molecule has 0 aromatic heterocycles. The zero-order valence-corrected chi connectivity index (χ0v) is 21.5. The van der Waals surface area contributed by atoms with Crippen LogP contribution >= 0.6 is 0 Å². The minimum Gasteiger partial charge on any atom is -0.0999 e. The average molecular weight is 493 g/mol. The molecule has 0 radical (unpaired) electrons. The summed E-state index contributed by atoms with van der Waals surface area (Å²) in [4.78, 5) is 0. The van der Waals surface area contributed by atoms with Crippen LogP contribution in [0.1, 0.15) is 0 Å². The Morgan fingerprint density at radius 1 is 0.306 bits per heavy atom. The van der Waals surface area contributed by atoms with Gasteiger partial charge >= 0.3 is 0 Å². The molecule has 1 heteroatoms. The van der Waals surface area contributed by atoms with Crippen LogP contribution in [-0.2, 0) is 21.7 Å². The largest absolute Gasteiger partial charge is 0.0999 e. The Bertz CT molecular complexity index is 1240. The average Bonchev–Trinajstić information content (AvgIpc) is 3.32. The molecule has 0 saturated heterocycles. The van der Waals surface area contributed by atoms with Gasteiger partial charge in [-0.1, -0.05) is 196 Å². The molecule has 0 aliphatic carbocycles. The molecule has 6 aromatic carbocycles. The summed E-state index contributed by atoms with van der Waals surface area (Å²) in [6, 6.07) is 54.1. The van der Waals surface area contributed by atoms with Crippen molar-refractivity contribution < 1.29 is 21.7 Å². The molecular weight excluding hydrogens is 468 g/mol. The Labute approximate surface area is 228 Å². The summed E-state index contributed by atoms with van der Waals surface area (Å²) in [6.07, 6.45) is 0. The molecule has 0 atom stereocenters. The van der Waals surface area contributed by atoms with Crippen molar-refractivity contribution in [1.29, 1.82) is 0 Å². The van der Waals surface area contributed by atoms with Crippen molar-refractivity contribution in [3.63, 3.8) is 0 Å². The summed E-state index contributed by atoms with van der Waals surface area (Å²) >= 11 is 0. The molecule has 0 aliphatic heterocycles. The first-order valence-corrected chi connectivity index (χ1v) is 12.1. The van der Waals surface area contributed by atoms with E-state index in [4.69, 9.17) is 0 Å². The summed E-state index contributed by atoms with van der Waals surface area (Å²) in [5.41, 5.74) is 12.5. The maximum Gasteiger partial charge on any atom is 0 e. The molecule has 6 rings (SSSR count). The van der Waals surface area contributed by atoms with E-state index in [1.54, 1.807) is 0 Å². The Morgan fingerprint density at radius 2 is 0.583 bits per heavy atom. The molecule has 0 saturated carbocycles. The van der Waals surface area contributed by atoms with E-state index >= 15 is 0 Å². The van der Waals surface area contributed by atoms with E-state index in [1.165, 1.54) is 55.6 Å². The Kier molecular flexibility index (Phi) is 7.19. The van der Waals surface area contributed by atoms with Crippen LogP contribution in [0.4, 0.5) is 0 Å². The van der Waals surface area contributed by atoms with Crippen molar-refractivity contribution in [2.75, 3.05) is 0 Å². The molecule has 0 bridgehead atoms. The first kappa shape index (κ1) is 23.9. The standard InChI is InChI=1S/C35H25.Ti/c1-6-16-26(17-7-1)31-32(27-18-8-2-9-19-27)34(29-22-12-4-13-23-29)35(30-24-14-5-15-25-30)33(31)28-20-10-3-11-21-28;/h1-25H;/q-1;.